The Morgan fingerprint density at radius 1 is 0.527 bits per heavy atom. The number of nitro benzene ring substituents is 1. The Kier molecular flexibility index (Phi) is 8.07. The molecular weight excluding hydrogens is 732 g/mol. The maximum atomic E-state index is 12.7. The van der Waals surface area contributed by atoms with Gasteiger partial charge < -0.3 is 4.57 Å². The first-order valence-electron chi connectivity index (χ1n) is 18.1. The second-order valence-corrected chi connectivity index (χ2v) is 19.1. The molecule has 0 N–H and O–H groups in total. The van der Waals surface area contributed by atoms with Crippen LogP contribution in [0.4, 0.5) is 5.69 Å². The van der Waals surface area contributed by atoms with Crippen LogP contribution in [-0.4, -0.2) is 17.6 Å². The van der Waals surface area contributed by atoms with Crippen LogP contribution in [0.3, 0.4) is 0 Å². The van der Waals surface area contributed by atoms with Crippen molar-refractivity contribution in [3.63, 3.8) is 0 Å². The van der Waals surface area contributed by atoms with Gasteiger partial charge >= 0.3 is 0 Å². The van der Waals surface area contributed by atoms with Gasteiger partial charge in [0.25, 0.3) is 5.69 Å². The maximum Gasteiger partial charge on any atom is 0.277 e. The van der Waals surface area contributed by atoms with Crippen molar-refractivity contribution in [2.24, 2.45) is 0 Å². The van der Waals surface area contributed by atoms with Gasteiger partial charge in [-0.2, -0.15) is 0 Å². The van der Waals surface area contributed by atoms with Crippen molar-refractivity contribution >= 4 is 79.7 Å². The number of para-hydroxylation sites is 2. The van der Waals surface area contributed by atoms with Crippen LogP contribution in [0.25, 0.3) is 49.7 Å². The van der Waals surface area contributed by atoms with Gasteiger partial charge in [0.15, 0.2) is 8.07 Å². The summed E-state index contributed by atoms with van der Waals surface area (Å²) in [7, 11) is -3.11. The summed E-state index contributed by atoms with van der Waals surface area (Å²) in [6, 6.07) is 65.1. The minimum atomic E-state index is -3.11. The highest BCUT2D eigenvalue weighted by Crippen LogP contribution is 2.38. The fourth-order valence-corrected chi connectivity index (χ4v) is 15.8. The molecule has 1 atom stereocenters. The predicted molar refractivity (Wildman–Crippen MR) is 231 cm³/mol. The van der Waals surface area contributed by atoms with Crippen LogP contribution in [0.1, 0.15) is 0 Å². The Labute approximate surface area is 328 Å². The van der Waals surface area contributed by atoms with E-state index in [1.54, 1.807) is 17.8 Å². The fourth-order valence-electron chi connectivity index (χ4n) is 8.54. The zero-order valence-electron chi connectivity index (χ0n) is 29.4. The molecule has 0 amide bonds. The van der Waals surface area contributed by atoms with Crippen molar-refractivity contribution in [1.82, 2.24) is 4.57 Å². The number of nitro groups is 1. The van der Waals surface area contributed by atoms with Crippen LogP contribution >= 0.6 is 23.4 Å². The number of benzene rings is 8. The number of fused-ring (bicyclic) bond motifs is 5. The molecule has 10 rings (SSSR count). The van der Waals surface area contributed by atoms with Gasteiger partial charge in [0, 0.05) is 37.3 Å². The van der Waals surface area contributed by atoms with E-state index >= 15 is 0 Å². The highest BCUT2D eigenvalue weighted by Gasteiger charge is 2.47. The van der Waals surface area contributed by atoms with Crippen LogP contribution in [0.15, 0.2) is 198 Å². The summed E-state index contributed by atoms with van der Waals surface area (Å²) in [6.07, 6.45) is 0. The first-order valence-corrected chi connectivity index (χ1v) is 21.3. The Hall–Kier alpha value is -6.18. The maximum absolute atomic E-state index is 12.7. The fraction of sp³-hybridized carbons (Fsp3) is 0. The van der Waals surface area contributed by atoms with Crippen LogP contribution in [-0.2, 0) is 0 Å². The third-order valence-corrected chi connectivity index (χ3v) is 17.5. The Bertz CT molecular complexity index is 2930. The zero-order chi connectivity index (χ0) is 37.1. The van der Waals surface area contributed by atoms with E-state index in [-0.39, 0.29) is 10.6 Å². The summed E-state index contributed by atoms with van der Waals surface area (Å²) >= 11 is 8.49. The van der Waals surface area contributed by atoms with Gasteiger partial charge in [-0.3, -0.25) is 10.1 Å². The standard InChI is InChI=1S/C48H31ClN2O2SSi/c49-35-25-27-48-46(30-35)54-45-22-8-9-23-47(45)55(48,38-17-11-15-36(31-38)50-42-20-6-4-18-40(42)41-19-5-7-21-43(41)50)37-16-10-14-34(28-37)39-26-24-33(29-44(39)51(52)53)32-12-2-1-3-13-32/h1-31H. The lowest BCUT2D eigenvalue weighted by Gasteiger charge is -2.40. The lowest BCUT2D eigenvalue weighted by molar-refractivity contribution is -0.384. The molecule has 0 saturated heterocycles. The minimum Gasteiger partial charge on any atom is -0.309 e. The smallest absolute Gasteiger partial charge is 0.277 e. The molecule has 55 heavy (non-hydrogen) atoms. The molecule has 1 aliphatic rings. The summed E-state index contributed by atoms with van der Waals surface area (Å²) in [5, 5.41) is 20.7. The van der Waals surface area contributed by atoms with E-state index in [4.69, 9.17) is 11.6 Å². The van der Waals surface area contributed by atoms with Crippen molar-refractivity contribution in [2.75, 3.05) is 0 Å². The van der Waals surface area contributed by atoms with E-state index in [1.807, 2.05) is 54.6 Å². The van der Waals surface area contributed by atoms with Crippen LogP contribution in [0, 0.1) is 10.1 Å². The third kappa shape index (κ3) is 5.36. The molecule has 0 bridgehead atoms. The second kappa shape index (κ2) is 13.3. The zero-order valence-corrected chi connectivity index (χ0v) is 32.0. The molecule has 2 heterocycles. The average molecular weight is 763 g/mol. The summed E-state index contributed by atoms with van der Waals surface area (Å²) in [4.78, 5) is 14.8. The van der Waals surface area contributed by atoms with Crippen molar-refractivity contribution in [3.05, 3.63) is 203 Å². The van der Waals surface area contributed by atoms with E-state index < -0.39 is 8.07 Å². The molecule has 0 fully saturated rings. The first kappa shape index (κ1) is 33.4. The molecule has 0 saturated carbocycles. The molecule has 262 valence electrons. The molecule has 0 radical (unpaired) electrons. The Balaban J connectivity index is 1.25. The number of hydrogen-bond acceptors (Lipinski definition) is 3. The molecule has 1 unspecified atom stereocenters. The number of halogens is 1. The molecule has 0 aliphatic carbocycles. The third-order valence-electron chi connectivity index (χ3n) is 10.9. The number of rotatable bonds is 6. The highest BCUT2D eigenvalue weighted by atomic mass is 35.5. The number of hydrogen-bond donors (Lipinski definition) is 0. The normalized spacial score (nSPS) is 14.8. The molecule has 7 heteroatoms. The van der Waals surface area contributed by atoms with E-state index in [0.29, 0.717) is 10.6 Å². The van der Waals surface area contributed by atoms with E-state index in [9.17, 15) is 10.1 Å². The Morgan fingerprint density at radius 2 is 1.16 bits per heavy atom. The quantitative estimate of drug-likeness (QED) is 0.0963. The van der Waals surface area contributed by atoms with E-state index in [2.05, 4.69) is 132 Å². The lowest BCUT2D eigenvalue weighted by Crippen LogP contribution is -2.76. The van der Waals surface area contributed by atoms with Crippen LogP contribution in [0.5, 0.6) is 0 Å². The van der Waals surface area contributed by atoms with Gasteiger partial charge in [-0.05, 0) is 86.0 Å². The van der Waals surface area contributed by atoms with Crippen molar-refractivity contribution in [2.45, 2.75) is 9.79 Å². The number of nitrogens with zero attached hydrogens (tertiary/aromatic N) is 2. The molecule has 8 aromatic carbocycles. The van der Waals surface area contributed by atoms with Crippen molar-refractivity contribution < 1.29 is 4.92 Å². The highest BCUT2D eigenvalue weighted by molar-refractivity contribution is 8.00. The lowest BCUT2D eigenvalue weighted by atomic mass is 9.98. The van der Waals surface area contributed by atoms with E-state index in [0.717, 1.165) is 43.5 Å². The van der Waals surface area contributed by atoms with Gasteiger partial charge in [-0.25, -0.2) is 0 Å². The summed E-state index contributed by atoms with van der Waals surface area (Å²) in [6.45, 7) is 0. The van der Waals surface area contributed by atoms with Gasteiger partial charge in [0.05, 0.1) is 21.5 Å². The summed E-state index contributed by atoms with van der Waals surface area (Å²) in [5.74, 6) is 0. The Morgan fingerprint density at radius 3 is 1.93 bits per heavy atom. The molecule has 0 spiro atoms. The summed E-state index contributed by atoms with van der Waals surface area (Å²) in [5.41, 5.74) is 6.60. The predicted octanol–water partition coefficient (Wildman–Crippen LogP) is 10.5. The summed E-state index contributed by atoms with van der Waals surface area (Å²) < 4.78 is 2.37. The van der Waals surface area contributed by atoms with Gasteiger partial charge in [-0.1, -0.05) is 157 Å². The van der Waals surface area contributed by atoms with E-state index in [1.165, 1.54) is 31.2 Å². The van der Waals surface area contributed by atoms with Gasteiger partial charge in [-0.15, -0.1) is 0 Å². The average Bonchev–Trinajstić information content (AvgIpc) is 3.57. The van der Waals surface area contributed by atoms with Crippen molar-refractivity contribution in [1.29, 1.82) is 0 Å². The molecule has 1 aromatic heterocycles. The molecular formula is C48H31ClN2O2SSi. The first-order chi connectivity index (χ1) is 27.0. The molecule has 1 aliphatic heterocycles. The van der Waals surface area contributed by atoms with Gasteiger partial charge in [0.1, 0.15) is 0 Å². The van der Waals surface area contributed by atoms with Gasteiger partial charge in [0.2, 0.25) is 0 Å². The monoisotopic (exact) mass is 762 g/mol. The van der Waals surface area contributed by atoms with Crippen molar-refractivity contribution in [3.8, 4) is 27.9 Å². The molecule has 9 aromatic rings. The van der Waals surface area contributed by atoms with Crippen LogP contribution < -0.4 is 20.7 Å². The van der Waals surface area contributed by atoms with Crippen LogP contribution in [0.2, 0.25) is 5.02 Å². The minimum absolute atomic E-state index is 0.0781. The number of aromatic nitrogens is 1. The second-order valence-electron chi connectivity index (χ2n) is 13.8. The SMILES string of the molecule is O=[N+]([O-])c1cc(-c2ccccc2)ccc1-c1cccc([Si]2(c3cccc(-n4c5ccccc5c5ccccc54)c3)c3ccccc3Sc3cc(Cl)ccc32)c1. The largest absolute Gasteiger partial charge is 0.309 e. The molecule has 4 nitrogen and oxygen atoms in total. The topological polar surface area (TPSA) is 48.1 Å².